The van der Waals surface area contributed by atoms with Crippen LogP contribution in [0.4, 0.5) is 5.69 Å². The predicted molar refractivity (Wildman–Crippen MR) is 99.7 cm³/mol. The molecule has 9 heteroatoms. The van der Waals surface area contributed by atoms with Gasteiger partial charge in [0, 0.05) is 12.7 Å². The maximum Gasteiger partial charge on any atom is 0.277 e. The molecular weight excluding hydrogens is 360 g/mol. The van der Waals surface area contributed by atoms with E-state index < -0.39 is 0 Å². The molecule has 1 heterocycles. The Morgan fingerprint density at radius 2 is 1.96 bits per heavy atom. The molecule has 2 rings (SSSR count). The van der Waals surface area contributed by atoms with E-state index in [9.17, 15) is 9.59 Å². The van der Waals surface area contributed by atoms with Gasteiger partial charge in [0.05, 0.1) is 18.1 Å². The Balaban J connectivity index is 1.76. The Kier molecular flexibility index (Phi) is 7.32. The van der Waals surface area contributed by atoms with Gasteiger partial charge in [-0.3, -0.25) is 9.59 Å². The SMILES string of the molecule is CSCc1nnc(SCC(=O)N(C)CC(=O)Nc2ccc(C)cc2)o1. The monoisotopic (exact) mass is 380 g/mol. The molecule has 134 valence electrons. The van der Waals surface area contributed by atoms with Crippen LogP contribution in [-0.2, 0) is 15.3 Å². The number of thioether (sulfide) groups is 2. The van der Waals surface area contributed by atoms with Crippen molar-refractivity contribution >= 4 is 41.0 Å². The van der Waals surface area contributed by atoms with Crippen LogP contribution in [-0.4, -0.2) is 52.5 Å². The van der Waals surface area contributed by atoms with Crippen molar-refractivity contribution in [1.29, 1.82) is 0 Å². The van der Waals surface area contributed by atoms with Crippen molar-refractivity contribution in [2.24, 2.45) is 0 Å². The highest BCUT2D eigenvalue weighted by Crippen LogP contribution is 2.18. The van der Waals surface area contributed by atoms with E-state index >= 15 is 0 Å². The molecule has 0 unspecified atom stereocenters. The molecule has 0 radical (unpaired) electrons. The van der Waals surface area contributed by atoms with Crippen molar-refractivity contribution in [3.8, 4) is 0 Å². The molecular formula is C16H20N4O3S2. The number of hydrogen-bond acceptors (Lipinski definition) is 7. The van der Waals surface area contributed by atoms with Gasteiger partial charge in [0.15, 0.2) is 0 Å². The Bertz CT molecular complexity index is 718. The number of anilines is 1. The first-order valence-corrected chi connectivity index (χ1v) is 9.90. The van der Waals surface area contributed by atoms with Gasteiger partial charge >= 0.3 is 0 Å². The number of aryl methyl sites for hydroxylation is 1. The number of carbonyl (C=O) groups is 2. The van der Waals surface area contributed by atoms with Crippen molar-refractivity contribution in [3.05, 3.63) is 35.7 Å². The van der Waals surface area contributed by atoms with Crippen molar-refractivity contribution in [2.45, 2.75) is 17.9 Å². The zero-order valence-corrected chi connectivity index (χ0v) is 15.9. The van der Waals surface area contributed by atoms with E-state index in [1.54, 1.807) is 18.8 Å². The van der Waals surface area contributed by atoms with Crippen LogP contribution in [0.15, 0.2) is 33.9 Å². The van der Waals surface area contributed by atoms with Crippen molar-refractivity contribution in [2.75, 3.05) is 30.9 Å². The summed E-state index contributed by atoms with van der Waals surface area (Å²) < 4.78 is 5.39. The van der Waals surface area contributed by atoms with Gasteiger partial charge in [0.25, 0.3) is 5.22 Å². The molecule has 0 saturated carbocycles. The highest BCUT2D eigenvalue weighted by Gasteiger charge is 2.15. The van der Waals surface area contributed by atoms with Crippen LogP contribution in [0.3, 0.4) is 0 Å². The average Bonchev–Trinajstić information content (AvgIpc) is 3.02. The molecule has 7 nitrogen and oxygen atoms in total. The minimum absolute atomic E-state index is 0.0190. The van der Waals surface area contributed by atoms with Crippen molar-refractivity contribution < 1.29 is 14.0 Å². The molecule has 2 amide bonds. The van der Waals surface area contributed by atoms with E-state index in [0.29, 0.717) is 22.6 Å². The lowest BCUT2D eigenvalue weighted by molar-refractivity contribution is -0.131. The lowest BCUT2D eigenvalue weighted by atomic mass is 10.2. The first-order valence-electron chi connectivity index (χ1n) is 7.52. The van der Waals surface area contributed by atoms with Gasteiger partial charge in [0.2, 0.25) is 17.7 Å². The zero-order chi connectivity index (χ0) is 18.2. The van der Waals surface area contributed by atoms with Gasteiger partial charge in [0.1, 0.15) is 0 Å². The third-order valence-corrected chi connectivity index (χ3v) is 4.52. The maximum absolute atomic E-state index is 12.1. The number of carbonyl (C=O) groups excluding carboxylic acids is 2. The standard InChI is InChI=1S/C16H20N4O3S2/c1-11-4-6-12(7-5-11)17-13(21)8-20(2)15(22)10-25-16-19-18-14(23-16)9-24-3/h4-7H,8-10H2,1-3H3,(H,17,21). The van der Waals surface area contributed by atoms with Gasteiger partial charge in [-0.25, -0.2) is 0 Å². The summed E-state index contributed by atoms with van der Waals surface area (Å²) in [6.45, 7) is 1.96. The Hall–Kier alpha value is -2.00. The molecule has 0 aliphatic heterocycles. The highest BCUT2D eigenvalue weighted by atomic mass is 32.2. The summed E-state index contributed by atoms with van der Waals surface area (Å²) in [6.07, 6.45) is 1.94. The van der Waals surface area contributed by atoms with Crippen LogP contribution in [0, 0.1) is 6.92 Å². The minimum atomic E-state index is -0.246. The molecule has 0 fully saturated rings. The summed E-state index contributed by atoms with van der Waals surface area (Å²) in [5.41, 5.74) is 1.82. The number of rotatable bonds is 8. The topological polar surface area (TPSA) is 88.3 Å². The summed E-state index contributed by atoms with van der Waals surface area (Å²) in [7, 11) is 1.59. The smallest absolute Gasteiger partial charge is 0.277 e. The normalized spacial score (nSPS) is 10.5. The number of amides is 2. The Morgan fingerprint density at radius 3 is 2.64 bits per heavy atom. The largest absolute Gasteiger partial charge is 0.415 e. The zero-order valence-electron chi connectivity index (χ0n) is 14.3. The van der Waals surface area contributed by atoms with Crippen LogP contribution in [0.1, 0.15) is 11.5 Å². The molecule has 1 aromatic heterocycles. The fourth-order valence-corrected chi connectivity index (χ4v) is 2.94. The van der Waals surface area contributed by atoms with E-state index in [1.807, 2.05) is 37.4 Å². The second-order valence-corrected chi connectivity index (χ2v) is 7.14. The van der Waals surface area contributed by atoms with Gasteiger partial charge in [-0.1, -0.05) is 29.5 Å². The third-order valence-electron chi connectivity index (χ3n) is 3.18. The van der Waals surface area contributed by atoms with Crippen LogP contribution >= 0.6 is 23.5 Å². The fraction of sp³-hybridized carbons (Fsp3) is 0.375. The quantitative estimate of drug-likeness (QED) is 0.704. The summed E-state index contributed by atoms with van der Waals surface area (Å²) in [4.78, 5) is 25.5. The average molecular weight is 380 g/mol. The number of nitrogens with zero attached hydrogens (tertiary/aromatic N) is 3. The van der Waals surface area contributed by atoms with Crippen LogP contribution in [0.5, 0.6) is 0 Å². The third kappa shape index (κ3) is 6.43. The van der Waals surface area contributed by atoms with E-state index in [2.05, 4.69) is 15.5 Å². The lowest BCUT2D eigenvalue weighted by Crippen LogP contribution is -2.35. The van der Waals surface area contributed by atoms with Crippen LogP contribution in [0.25, 0.3) is 0 Å². The predicted octanol–water partition coefficient (Wildman–Crippen LogP) is 2.43. The van der Waals surface area contributed by atoms with Gasteiger partial charge in [-0.15, -0.1) is 10.2 Å². The van der Waals surface area contributed by atoms with Gasteiger partial charge < -0.3 is 14.6 Å². The summed E-state index contributed by atoms with van der Waals surface area (Å²) in [6, 6.07) is 7.48. The number of likely N-dealkylation sites (N-methyl/N-ethyl adjacent to an activating group) is 1. The maximum atomic E-state index is 12.1. The van der Waals surface area contributed by atoms with E-state index in [1.165, 1.54) is 4.90 Å². The van der Waals surface area contributed by atoms with E-state index in [-0.39, 0.29) is 24.1 Å². The van der Waals surface area contributed by atoms with Crippen LogP contribution < -0.4 is 5.32 Å². The van der Waals surface area contributed by atoms with Gasteiger partial charge in [-0.2, -0.15) is 11.8 Å². The Labute approximate surface area is 154 Å². The first-order chi connectivity index (χ1) is 12.0. The highest BCUT2D eigenvalue weighted by molar-refractivity contribution is 7.99. The molecule has 25 heavy (non-hydrogen) atoms. The molecule has 0 atom stereocenters. The van der Waals surface area contributed by atoms with Crippen molar-refractivity contribution in [3.63, 3.8) is 0 Å². The number of benzene rings is 1. The second-order valence-electron chi connectivity index (χ2n) is 5.35. The van der Waals surface area contributed by atoms with E-state index in [0.717, 1.165) is 17.3 Å². The summed E-state index contributed by atoms with van der Waals surface area (Å²) >= 11 is 2.74. The summed E-state index contributed by atoms with van der Waals surface area (Å²) in [5, 5.41) is 10.9. The molecule has 0 spiro atoms. The fourth-order valence-electron chi connectivity index (χ4n) is 1.85. The molecule has 1 N–H and O–H groups in total. The molecule has 0 bridgehead atoms. The molecule has 1 aromatic carbocycles. The molecule has 2 aromatic rings. The van der Waals surface area contributed by atoms with Gasteiger partial charge in [-0.05, 0) is 25.3 Å². The summed E-state index contributed by atoms with van der Waals surface area (Å²) in [5.74, 6) is 0.877. The Morgan fingerprint density at radius 1 is 1.24 bits per heavy atom. The number of hydrogen-bond donors (Lipinski definition) is 1. The minimum Gasteiger partial charge on any atom is -0.415 e. The first kappa shape index (κ1) is 19.3. The van der Waals surface area contributed by atoms with Crippen LogP contribution in [0.2, 0.25) is 0 Å². The molecule has 0 aliphatic rings. The van der Waals surface area contributed by atoms with Crippen molar-refractivity contribution in [1.82, 2.24) is 15.1 Å². The lowest BCUT2D eigenvalue weighted by Gasteiger charge is -2.16. The molecule has 0 aliphatic carbocycles. The molecule has 0 saturated heterocycles. The van der Waals surface area contributed by atoms with E-state index in [4.69, 9.17) is 4.42 Å². The second kappa shape index (κ2) is 9.47. The number of nitrogens with one attached hydrogen (secondary N) is 1. The number of aromatic nitrogens is 2.